The van der Waals surface area contributed by atoms with Crippen molar-refractivity contribution in [3.05, 3.63) is 64.7 Å². The van der Waals surface area contributed by atoms with Gasteiger partial charge in [-0.15, -0.1) is 0 Å². The maximum atomic E-state index is 6.19. The second-order valence-electron chi connectivity index (χ2n) is 6.41. The summed E-state index contributed by atoms with van der Waals surface area (Å²) in [5.74, 6) is 0. The zero-order valence-electron chi connectivity index (χ0n) is 13.3. The maximum absolute atomic E-state index is 6.19. The van der Waals surface area contributed by atoms with E-state index in [2.05, 4.69) is 69.4 Å². The largest absolute Gasteiger partial charge is 0.382 e. The smallest absolute Gasteiger partial charge is 0.0455 e. The van der Waals surface area contributed by atoms with Crippen LogP contribution in [-0.2, 0) is 5.41 Å². The molecule has 1 atom stereocenters. The van der Waals surface area contributed by atoms with E-state index in [1.807, 2.05) is 12.1 Å². The summed E-state index contributed by atoms with van der Waals surface area (Å²) in [6, 6.07) is 17.1. The molecule has 2 heteroatoms. The zero-order chi connectivity index (χ0) is 15.5. The van der Waals surface area contributed by atoms with Crippen LogP contribution in [0.3, 0.4) is 0 Å². The van der Waals surface area contributed by atoms with Gasteiger partial charge in [-0.1, -0.05) is 61.8 Å². The van der Waals surface area contributed by atoms with Gasteiger partial charge in [0.25, 0.3) is 0 Å². The van der Waals surface area contributed by atoms with Crippen LogP contribution in [0.2, 0.25) is 5.02 Å². The van der Waals surface area contributed by atoms with Crippen molar-refractivity contribution < 1.29 is 0 Å². The van der Waals surface area contributed by atoms with Gasteiger partial charge >= 0.3 is 0 Å². The normalized spacial score (nSPS) is 13.0. The third-order valence-corrected chi connectivity index (χ3v) is 4.45. The molecule has 0 saturated carbocycles. The molecule has 21 heavy (non-hydrogen) atoms. The molecule has 2 rings (SSSR count). The molecule has 0 aliphatic carbocycles. The molecule has 0 aromatic heterocycles. The lowest BCUT2D eigenvalue weighted by Gasteiger charge is -2.30. The minimum absolute atomic E-state index is 0.139. The van der Waals surface area contributed by atoms with Crippen LogP contribution in [0.25, 0.3) is 0 Å². The van der Waals surface area contributed by atoms with Crippen molar-refractivity contribution in [1.29, 1.82) is 0 Å². The van der Waals surface area contributed by atoms with Crippen molar-refractivity contribution in [1.82, 2.24) is 0 Å². The van der Waals surface area contributed by atoms with Gasteiger partial charge in [0.05, 0.1) is 0 Å². The molecule has 112 valence electrons. The third-order valence-electron chi connectivity index (χ3n) is 4.04. The monoisotopic (exact) mass is 301 g/mol. The van der Waals surface area contributed by atoms with E-state index >= 15 is 0 Å². The number of rotatable bonds is 5. The Balaban J connectivity index is 2.08. The fourth-order valence-electron chi connectivity index (χ4n) is 2.85. The van der Waals surface area contributed by atoms with Crippen molar-refractivity contribution in [2.75, 3.05) is 5.32 Å². The molecular formula is C19H24ClN. The van der Waals surface area contributed by atoms with Gasteiger partial charge in [-0.05, 0) is 48.9 Å². The van der Waals surface area contributed by atoms with E-state index in [1.54, 1.807) is 0 Å². The molecule has 0 aliphatic rings. The molecule has 0 radical (unpaired) electrons. The molecule has 1 nitrogen and oxygen atoms in total. The van der Waals surface area contributed by atoms with Crippen molar-refractivity contribution in [2.45, 2.75) is 45.6 Å². The second kappa shape index (κ2) is 6.53. The van der Waals surface area contributed by atoms with E-state index in [9.17, 15) is 0 Å². The van der Waals surface area contributed by atoms with Crippen LogP contribution in [0, 0.1) is 6.92 Å². The summed E-state index contributed by atoms with van der Waals surface area (Å²) in [6.45, 7) is 8.88. The highest BCUT2D eigenvalue weighted by molar-refractivity contribution is 6.31. The molecule has 0 heterocycles. The molecule has 2 aromatic rings. The highest BCUT2D eigenvalue weighted by Crippen LogP contribution is 2.30. The Hall–Kier alpha value is -1.47. The Morgan fingerprint density at radius 2 is 1.71 bits per heavy atom. The topological polar surface area (TPSA) is 12.0 Å². The zero-order valence-corrected chi connectivity index (χ0v) is 14.0. The Bertz CT molecular complexity index is 590. The van der Waals surface area contributed by atoms with Gasteiger partial charge in [0, 0.05) is 16.8 Å². The van der Waals surface area contributed by atoms with Crippen molar-refractivity contribution in [3.63, 3.8) is 0 Å². The van der Waals surface area contributed by atoms with Gasteiger partial charge in [-0.3, -0.25) is 0 Å². The Labute approximate surface area is 133 Å². The molecule has 1 unspecified atom stereocenters. The average molecular weight is 302 g/mol. The molecule has 2 aromatic carbocycles. The maximum Gasteiger partial charge on any atom is 0.0455 e. The second-order valence-corrected chi connectivity index (χ2v) is 6.82. The predicted molar refractivity (Wildman–Crippen MR) is 93.4 cm³/mol. The summed E-state index contributed by atoms with van der Waals surface area (Å²) in [5.41, 5.74) is 3.75. The van der Waals surface area contributed by atoms with Crippen LogP contribution in [0.5, 0.6) is 0 Å². The summed E-state index contributed by atoms with van der Waals surface area (Å²) < 4.78 is 0. The van der Waals surface area contributed by atoms with Gasteiger partial charge in [0.15, 0.2) is 0 Å². The number of halogens is 1. The van der Waals surface area contributed by atoms with Gasteiger partial charge in [0.1, 0.15) is 0 Å². The van der Waals surface area contributed by atoms with E-state index < -0.39 is 0 Å². The SMILES string of the molecule is Cc1c(Cl)cccc1NC(C)CC(C)(C)c1ccccc1. The third kappa shape index (κ3) is 4.01. The number of benzene rings is 2. The van der Waals surface area contributed by atoms with Crippen LogP contribution in [-0.4, -0.2) is 6.04 Å². The summed E-state index contributed by atoms with van der Waals surface area (Å²) in [6.07, 6.45) is 1.06. The molecule has 0 spiro atoms. The number of hydrogen-bond acceptors (Lipinski definition) is 1. The van der Waals surface area contributed by atoms with Gasteiger partial charge < -0.3 is 5.32 Å². The first-order valence-corrected chi connectivity index (χ1v) is 7.85. The molecule has 1 N–H and O–H groups in total. The van der Waals surface area contributed by atoms with Gasteiger partial charge in [0.2, 0.25) is 0 Å². The molecule has 0 saturated heterocycles. The fraction of sp³-hybridized carbons (Fsp3) is 0.368. The first-order chi connectivity index (χ1) is 9.90. The molecule has 0 aliphatic heterocycles. The quantitative estimate of drug-likeness (QED) is 0.734. The number of nitrogens with one attached hydrogen (secondary N) is 1. The van der Waals surface area contributed by atoms with Gasteiger partial charge in [-0.2, -0.15) is 0 Å². The van der Waals surface area contributed by atoms with E-state index in [-0.39, 0.29) is 5.41 Å². The summed E-state index contributed by atoms with van der Waals surface area (Å²) in [7, 11) is 0. The summed E-state index contributed by atoms with van der Waals surface area (Å²) in [4.78, 5) is 0. The average Bonchev–Trinajstić information content (AvgIpc) is 2.44. The highest BCUT2D eigenvalue weighted by Gasteiger charge is 2.23. The summed E-state index contributed by atoms with van der Waals surface area (Å²) >= 11 is 6.19. The standard InChI is InChI=1S/C19H24ClN/c1-14(21-18-12-8-11-17(20)15(18)2)13-19(3,4)16-9-6-5-7-10-16/h5-12,14,21H,13H2,1-4H3. The Morgan fingerprint density at radius 3 is 2.38 bits per heavy atom. The van der Waals surface area contributed by atoms with E-state index in [0.717, 1.165) is 22.7 Å². The lowest BCUT2D eigenvalue weighted by atomic mass is 9.79. The van der Waals surface area contributed by atoms with Crippen molar-refractivity contribution in [3.8, 4) is 0 Å². The van der Waals surface area contributed by atoms with Crippen molar-refractivity contribution in [2.24, 2.45) is 0 Å². The van der Waals surface area contributed by atoms with Crippen LogP contribution in [0.1, 0.15) is 38.3 Å². The van der Waals surface area contributed by atoms with Gasteiger partial charge in [-0.25, -0.2) is 0 Å². The predicted octanol–water partition coefficient (Wildman–Crippen LogP) is 5.82. The van der Waals surface area contributed by atoms with E-state index in [0.29, 0.717) is 6.04 Å². The van der Waals surface area contributed by atoms with Crippen LogP contribution >= 0.6 is 11.6 Å². The molecule has 0 fully saturated rings. The fourth-order valence-corrected chi connectivity index (χ4v) is 3.03. The first kappa shape index (κ1) is 15.9. The summed E-state index contributed by atoms with van der Waals surface area (Å²) in [5, 5.41) is 4.41. The van der Waals surface area contributed by atoms with Crippen LogP contribution in [0.15, 0.2) is 48.5 Å². The van der Waals surface area contributed by atoms with E-state index in [4.69, 9.17) is 11.6 Å². The number of anilines is 1. The Kier molecular flexibility index (Phi) is 4.95. The minimum atomic E-state index is 0.139. The van der Waals surface area contributed by atoms with Crippen LogP contribution in [0.4, 0.5) is 5.69 Å². The molecular weight excluding hydrogens is 278 g/mol. The minimum Gasteiger partial charge on any atom is -0.382 e. The lowest BCUT2D eigenvalue weighted by Crippen LogP contribution is -2.28. The number of hydrogen-bond donors (Lipinski definition) is 1. The molecule has 0 amide bonds. The van der Waals surface area contributed by atoms with Crippen LogP contribution < -0.4 is 5.32 Å². The first-order valence-electron chi connectivity index (χ1n) is 7.47. The van der Waals surface area contributed by atoms with E-state index in [1.165, 1.54) is 5.56 Å². The lowest BCUT2D eigenvalue weighted by molar-refractivity contribution is 0.450. The molecule has 0 bridgehead atoms. The highest BCUT2D eigenvalue weighted by atomic mass is 35.5. The Morgan fingerprint density at radius 1 is 1.05 bits per heavy atom. The van der Waals surface area contributed by atoms with Crippen molar-refractivity contribution >= 4 is 17.3 Å².